The van der Waals surface area contributed by atoms with Crippen LogP contribution in [0.25, 0.3) is 21.8 Å². The number of hydrogen-bond donors (Lipinski definition) is 4. The van der Waals surface area contributed by atoms with Crippen LogP contribution < -0.4 is 15.5 Å². The smallest absolute Gasteiger partial charge is 0.0805 e. The van der Waals surface area contributed by atoms with Crippen LogP contribution in [0.3, 0.4) is 0 Å². The van der Waals surface area contributed by atoms with Gasteiger partial charge in [-0.3, -0.25) is 0 Å². The quantitative estimate of drug-likeness (QED) is 0.119. The van der Waals surface area contributed by atoms with Gasteiger partial charge in [0.25, 0.3) is 0 Å². The third-order valence-corrected chi connectivity index (χ3v) is 10.6. The standard InChI is InChI=1S/C24H24ClN3.C23H21ClN2/c1-16-23(20-9-5-7-11-22(20)26-16)24(19-8-4-6-10-21(19)25)27-17-12-14-18(15-13-17)28(2)3;1-15-11-13-17(14-12-15)26-23(18-7-3-5-9-20(18)24)22-16(2)25-21-10-6-4-8-19(21)22/h4-15,24,26-27H,1-3H3;3-14,23,25-26H,1-2H3. The summed E-state index contributed by atoms with van der Waals surface area (Å²) in [7, 11) is 4.09. The Kier molecular flexibility index (Phi) is 11.0. The third kappa shape index (κ3) is 7.84. The lowest BCUT2D eigenvalue weighted by molar-refractivity contribution is 0.933. The van der Waals surface area contributed by atoms with Crippen LogP contribution in [0.15, 0.2) is 146 Å². The van der Waals surface area contributed by atoms with Gasteiger partial charge in [-0.1, -0.05) is 114 Å². The SMILES string of the molecule is Cc1[nH]c2ccccc2c1C(Nc1ccc(N(C)C)cc1)c1ccccc1Cl.Cc1ccc(NC(c2ccccc2Cl)c2c(C)[nH]c3ccccc23)cc1. The molecule has 5 nitrogen and oxygen atoms in total. The fourth-order valence-corrected chi connectivity index (χ4v) is 7.70. The number of aromatic nitrogens is 2. The van der Waals surface area contributed by atoms with Crippen molar-refractivity contribution in [3.05, 3.63) is 195 Å². The van der Waals surface area contributed by atoms with Gasteiger partial charge in [0.05, 0.1) is 12.1 Å². The molecule has 0 bridgehead atoms. The first-order chi connectivity index (χ1) is 26.2. The number of benzene rings is 6. The number of hydrogen-bond acceptors (Lipinski definition) is 3. The molecule has 0 aliphatic carbocycles. The fourth-order valence-electron chi connectivity index (χ4n) is 7.21. The molecule has 0 spiro atoms. The summed E-state index contributed by atoms with van der Waals surface area (Å²) in [6, 6.07) is 49.7. The van der Waals surface area contributed by atoms with Crippen LogP contribution in [0.5, 0.6) is 0 Å². The highest BCUT2D eigenvalue weighted by Crippen LogP contribution is 2.39. The van der Waals surface area contributed by atoms with Crippen LogP contribution in [0.1, 0.15) is 51.3 Å². The summed E-state index contributed by atoms with van der Waals surface area (Å²) in [5.74, 6) is 0. The second-order valence-electron chi connectivity index (χ2n) is 13.9. The van der Waals surface area contributed by atoms with E-state index in [9.17, 15) is 0 Å². The summed E-state index contributed by atoms with van der Waals surface area (Å²) < 4.78 is 0. The summed E-state index contributed by atoms with van der Waals surface area (Å²) in [5.41, 5.74) is 13.7. The Bertz CT molecular complexity index is 2500. The average molecular weight is 751 g/mol. The number of anilines is 3. The molecule has 0 aliphatic rings. The van der Waals surface area contributed by atoms with Gasteiger partial charge < -0.3 is 25.5 Å². The summed E-state index contributed by atoms with van der Waals surface area (Å²) >= 11 is 13.2. The number of nitrogens with zero attached hydrogens (tertiary/aromatic N) is 1. The number of para-hydroxylation sites is 2. The molecule has 0 saturated carbocycles. The minimum atomic E-state index is -0.0601. The van der Waals surface area contributed by atoms with Crippen LogP contribution in [0.4, 0.5) is 17.1 Å². The Morgan fingerprint density at radius 1 is 0.481 bits per heavy atom. The molecule has 0 amide bonds. The Morgan fingerprint density at radius 3 is 1.30 bits per heavy atom. The van der Waals surface area contributed by atoms with Crippen molar-refractivity contribution in [3.8, 4) is 0 Å². The minimum Gasteiger partial charge on any atom is -0.378 e. The number of nitrogens with one attached hydrogen (secondary N) is 4. The highest BCUT2D eigenvalue weighted by atomic mass is 35.5. The molecular formula is C47H45Cl2N5. The normalized spacial score (nSPS) is 12.2. The number of aromatic amines is 2. The lowest BCUT2D eigenvalue weighted by Crippen LogP contribution is -2.14. The maximum atomic E-state index is 6.62. The molecule has 2 aromatic heterocycles. The van der Waals surface area contributed by atoms with E-state index in [4.69, 9.17) is 23.2 Å². The molecule has 0 radical (unpaired) electrons. The van der Waals surface area contributed by atoms with Crippen molar-refractivity contribution < 1.29 is 0 Å². The zero-order valence-corrected chi connectivity index (χ0v) is 32.7. The van der Waals surface area contributed by atoms with Gasteiger partial charge in [0.15, 0.2) is 0 Å². The van der Waals surface area contributed by atoms with Crippen LogP contribution in [0, 0.1) is 20.8 Å². The van der Waals surface area contributed by atoms with Gasteiger partial charge in [-0.25, -0.2) is 0 Å². The third-order valence-electron chi connectivity index (χ3n) is 9.95. The molecule has 7 heteroatoms. The second kappa shape index (κ2) is 16.2. The van der Waals surface area contributed by atoms with E-state index >= 15 is 0 Å². The second-order valence-corrected chi connectivity index (χ2v) is 14.7. The maximum Gasteiger partial charge on any atom is 0.0805 e. The highest BCUT2D eigenvalue weighted by Gasteiger charge is 2.24. The van der Waals surface area contributed by atoms with Crippen molar-refractivity contribution in [3.63, 3.8) is 0 Å². The van der Waals surface area contributed by atoms with Crippen molar-refractivity contribution in [2.24, 2.45) is 0 Å². The molecule has 0 saturated heterocycles. The molecule has 8 aromatic rings. The van der Waals surface area contributed by atoms with E-state index in [1.807, 2.05) is 50.5 Å². The summed E-state index contributed by atoms with van der Waals surface area (Å²) in [4.78, 5) is 9.12. The first-order valence-corrected chi connectivity index (χ1v) is 18.9. The maximum absolute atomic E-state index is 6.62. The Hall–Kier alpha value is -5.62. The van der Waals surface area contributed by atoms with Gasteiger partial charge >= 0.3 is 0 Å². The van der Waals surface area contributed by atoms with E-state index in [0.29, 0.717) is 0 Å². The summed E-state index contributed by atoms with van der Waals surface area (Å²) in [5, 5.41) is 11.4. The van der Waals surface area contributed by atoms with Gasteiger partial charge in [-0.15, -0.1) is 0 Å². The van der Waals surface area contributed by atoms with Crippen molar-refractivity contribution in [2.75, 3.05) is 29.6 Å². The van der Waals surface area contributed by atoms with Gasteiger partial charge in [0.1, 0.15) is 0 Å². The monoisotopic (exact) mass is 749 g/mol. The number of rotatable bonds is 9. The predicted octanol–water partition coefficient (Wildman–Crippen LogP) is 13.0. The van der Waals surface area contributed by atoms with Crippen molar-refractivity contribution in [1.82, 2.24) is 9.97 Å². The zero-order valence-electron chi connectivity index (χ0n) is 31.2. The number of aryl methyl sites for hydroxylation is 3. The fraction of sp³-hybridized carbons (Fsp3) is 0.149. The van der Waals surface area contributed by atoms with E-state index in [1.165, 1.54) is 33.2 Å². The molecule has 4 N–H and O–H groups in total. The molecule has 2 heterocycles. The van der Waals surface area contributed by atoms with Crippen molar-refractivity contribution in [1.29, 1.82) is 0 Å². The van der Waals surface area contributed by atoms with Gasteiger partial charge in [-0.2, -0.15) is 0 Å². The Morgan fingerprint density at radius 2 is 0.870 bits per heavy atom. The van der Waals surface area contributed by atoms with E-state index in [0.717, 1.165) is 55.0 Å². The molecule has 272 valence electrons. The Balaban J connectivity index is 0.000000167. The molecule has 2 unspecified atom stereocenters. The lowest BCUT2D eigenvalue weighted by atomic mass is 9.95. The zero-order chi connectivity index (χ0) is 37.8. The number of fused-ring (bicyclic) bond motifs is 2. The van der Waals surface area contributed by atoms with Gasteiger partial charge in [-0.05, 0) is 92.6 Å². The molecule has 8 rings (SSSR count). The van der Waals surface area contributed by atoms with Crippen LogP contribution in [-0.4, -0.2) is 24.1 Å². The average Bonchev–Trinajstić information content (AvgIpc) is 3.69. The lowest BCUT2D eigenvalue weighted by Gasteiger charge is -2.23. The van der Waals surface area contributed by atoms with Crippen LogP contribution in [-0.2, 0) is 0 Å². The predicted molar refractivity (Wildman–Crippen MR) is 232 cm³/mol. The first kappa shape index (κ1) is 36.7. The van der Waals surface area contributed by atoms with Crippen molar-refractivity contribution in [2.45, 2.75) is 32.9 Å². The van der Waals surface area contributed by atoms with E-state index in [-0.39, 0.29) is 12.1 Å². The largest absolute Gasteiger partial charge is 0.378 e. The summed E-state index contributed by atoms with van der Waals surface area (Å²) in [6.07, 6.45) is 0. The molecule has 0 aliphatic heterocycles. The Labute approximate surface area is 328 Å². The van der Waals surface area contributed by atoms with E-state index in [2.05, 4.69) is 155 Å². The first-order valence-electron chi connectivity index (χ1n) is 18.2. The number of H-pyrrole nitrogens is 2. The molecule has 0 fully saturated rings. The van der Waals surface area contributed by atoms with Crippen LogP contribution in [0.2, 0.25) is 10.0 Å². The topological polar surface area (TPSA) is 58.9 Å². The summed E-state index contributed by atoms with van der Waals surface area (Å²) in [6.45, 7) is 6.34. The van der Waals surface area contributed by atoms with Crippen LogP contribution >= 0.6 is 23.2 Å². The minimum absolute atomic E-state index is 0.0393. The van der Waals surface area contributed by atoms with Gasteiger partial charge in [0, 0.05) is 85.5 Å². The van der Waals surface area contributed by atoms with E-state index < -0.39 is 0 Å². The molecule has 6 aromatic carbocycles. The molecular weight excluding hydrogens is 705 g/mol. The number of halogens is 2. The molecule has 54 heavy (non-hydrogen) atoms. The van der Waals surface area contributed by atoms with Gasteiger partial charge in [0.2, 0.25) is 0 Å². The molecule has 2 atom stereocenters. The highest BCUT2D eigenvalue weighted by molar-refractivity contribution is 6.31. The van der Waals surface area contributed by atoms with E-state index in [1.54, 1.807) is 0 Å². The van der Waals surface area contributed by atoms with Crippen molar-refractivity contribution >= 4 is 62.1 Å².